The van der Waals surface area contributed by atoms with E-state index >= 15 is 0 Å². The fourth-order valence-electron chi connectivity index (χ4n) is 7.05. The van der Waals surface area contributed by atoms with Gasteiger partial charge in [0.15, 0.2) is 11.3 Å². The maximum atomic E-state index is 14.3. The number of rotatable bonds is 14. The van der Waals surface area contributed by atoms with Crippen LogP contribution in [0, 0.1) is 11.6 Å². The highest BCUT2D eigenvalue weighted by molar-refractivity contribution is 6.00. The van der Waals surface area contributed by atoms with Crippen molar-refractivity contribution in [3.8, 4) is 5.75 Å². The molecule has 2 amide bonds. The second-order valence-corrected chi connectivity index (χ2v) is 13.4. The van der Waals surface area contributed by atoms with Crippen LogP contribution in [-0.2, 0) is 16.2 Å². The highest BCUT2D eigenvalue weighted by atomic mass is 19.1. The predicted octanol–water partition coefficient (Wildman–Crippen LogP) is 6.60. The number of oxime groups is 1. The van der Waals surface area contributed by atoms with Crippen LogP contribution in [0.15, 0.2) is 34.3 Å². The van der Waals surface area contributed by atoms with Gasteiger partial charge in [-0.1, -0.05) is 69.5 Å². The highest BCUT2D eigenvalue weighted by Crippen LogP contribution is 2.46. The largest absolute Gasteiger partial charge is 0.420 e. The van der Waals surface area contributed by atoms with Crippen LogP contribution in [0.3, 0.4) is 0 Å². The van der Waals surface area contributed by atoms with Gasteiger partial charge in [0.2, 0.25) is 11.2 Å². The van der Waals surface area contributed by atoms with Crippen LogP contribution < -0.4 is 15.5 Å². The van der Waals surface area contributed by atoms with E-state index in [1.165, 1.54) is 37.9 Å². The SMILES string of the molecule is CCCCCCCCCCCC(=O)Oc1c2n(cc(C(=O)NCc3ccc(F)cc3F)c1=O)[C@@H]1CN(C2=O)[C@@H](C)CC[C@]12CC(C)=NO2. The molecular formula is C36H46F2N4O6. The van der Waals surface area contributed by atoms with Gasteiger partial charge in [0.25, 0.3) is 11.8 Å². The first-order valence-corrected chi connectivity index (χ1v) is 17.3. The van der Waals surface area contributed by atoms with Crippen LogP contribution in [0.4, 0.5) is 8.78 Å². The fraction of sp³-hybridized carbons (Fsp3) is 0.583. The Morgan fingerprint density at radius 3 is 2.46 bits per heavy atom. The van der Waals surface area contributed by atoms with Crippen molar-refractivity contribution in [2.75, 3.05) is 6.54 Å². The number of benzene rings is 1. The molecule has 1 aromatic heterocycles. The first-order chi connectivity index (χ1) is 23.0. The van der Waals surface area contributed by atoms with Gasteiger partial charge < -0.3 is 24.4 Å². The number of carbonyl (C=O) groups is 3. The van der Waals surface area contributed by atoms with Gasteiger partial charge in [-0.3, -0.25) is 19.2 Å². The lowest BCUT2D eigenvalue weighted by molar-refractivity contribution is -0.134. The van der Waals surface area contributed by atoms with Gasteiger partial charge in [-0.15, -0.1) is 0 Å². The summed E-state index contributed by atoms with van der Waals surface area (Å²) in [5.41, 5.74) is -1.46. The minimum Gasteiger partial charge on any atom is -0.420 e. The number of nitrogens with one attached hydrogen (secondary N) is 1. The lowest BCUT2D eigenvalue weighted by atomic mass is 9.84. The summed E-state index contributed by atoms with van der Waals surface area (Å²) in [5.74, 6) is -4.12. The Labute approximate surface area is 279 Å². The minimum atomic E-state index is -0.923. The smallest absolute Gasteiger partial charge is 0.311 e. The number of pyridine rings is 1. The quantitative estimate of drug-likeness (QED) is 0.179. The zero-order valence-electron chi connectivity index (χ0n) is 28.1. The molecule has 1 spiro atoms. The van der Waals surface area contributed by atoms with E-state index in [0.717, 1.165) is 37.5 Å². The number of nitrogens with zero attached hydrogens (tertiary/aromatic N) is 3. The molecule has 12 heteroatoms. The molecule has 1 N–H and O–H groups in total. The Kier molecular flexibility index (Phi) is 11.3. The molecule has 3 aliphatic heterocycles. The molecule has 0 aliphatic carbocycles. The van der Waals surface area contributed by atoms with Gasteiger partial charge in [-0.2, -0.15) is 0 Å². The van der Waals surface area contributed by atoms with Crippen LogP contribution >= 0.6 is 0 Å². The summed E-state index contributed by atoms with van der Waals surface area (Å²) in [6.07, 6.45) is 12.5. The van der Waals surface area contributed by atoms with Crippen LogP contribution in [0.5, 0.6) is 5.75 Å². The van der Waals surface area contributed by atoms with Gasteiger partial charge >= 0.3 is 5.97 Å². The Morgan fingerprint density at radius 2 is 1.79 bits per heavy atom. The van der Waals surface area contributed by atoms with Crippen molar-refractivity contribution in [2.24, 2.45) is 5.16 Å². The number of ether oxygens (including phenoxy) is 1. The highest BCUT2D eigenvalue weighted by Gasteiger charge is 2.54. The molecule has 3 atom stereocenters. The Bertz CT molecular complexity index is 1620. The molecule has 3 aliphatic rings. The maximum Gasteiger partial charge on any atom is 0.311 e. The number of fused-ring (bicyclic) bond motifs is 5. The standard InChI is InChI=1S/C36H46F2N4O6/c1-4-5-6-7-8-9-10-11-12-13-30(43)47-33-31-35(46)41-22-29(36(17-16-24(41)3)19-23(2)40-48-36)42(31)21-27(32(33)44)34(45)39-20-25-14-15-26(37)18-28(25)38/h14-15,18,21,24,29H,4-13,16-17,19-20,22H2,1-3H3,(H,39,45)/t24-,29+,36-/m0/s1. The summed E-state index contributed by atoms with van der Waals surface area (Å²) in [6, 6.07) is 2.24. The molecule has 5 rings (SSSR count). The molecule has 0 unspecified atom stereocenters. The molecule has 0 saturated carbocycles. The zero-order chi connectivity index (χ0) is 34.4. The number of hydrogen-bond acceptors (Lipinski definition) is 7. The van der Waals surface area contributed by atoms with E-state index in [4.69, 9.17) is 9.57 Å². The monoisotopic (exact) mass is 668 g/mol. The van der Waals surface area contributed by atoms with E-state index in [9.17, 15) is 28.0 Å². The Hall–Kier alpha value is -4.09. The molecule has 1 saturated heterocycles. The normalized spacial score (nSPS) is 21.4. The van der Waals surface area contributed by atoms with Gasteiger partial charge in [-0.05, 0) is 39.2 Å². The molecule has 2 aromatic rings. The van der Waals surface area contributed by atoms with Crippen molar-refractivity contribution in [3.05, 3.63) is 63.1 Å². The van der Waals surface area contributed by atoms with Crippen molar-refractivity contribution < 1.29 is 32.7 Å². The van der Waals surface area contributed by atoms with Gasteiger partial charge in [0.1, 0.15) is 17.2 Å². The number of esters is 1. The van der Waals surface area contributed by atoms with Gasteiger partial charge in [-0.25, -0.2) is 8.78 Å². The number of unbranched alkanes of at least 4 members (excludes halogenated alkanes) is 8. The summed E-state index contributed by atoms with van der Waals surface area (Å²) < 4.78 is 35.0. The Balaban J connectivity index is 1.43. The van der Waals surface area contributed by atoms with Crippen LogP contribution in [-0.4, -0.2) is 51.2 Å². The second-order valence-electron chi connectivity index (χ2n) is 13.4. The summed E-state index contributed by atoms with van der Waals surface area (Å²) in [5, 5.41) is 6.75. The lowest BCUT2D eigenvalue weighted by Gasteiger charge is -2.42. The van der Waals surface area contributed by atoms with Gasteiger partial charge in [0, 0.05) is 49.8 Å². The lowest BCUT2D eigenvalue weighted by Crippen LogP contribution is -2.52. The van der Waals surface area contributed by atoms with E-state index in [0.29, 0.717) is 31.7 Å². The topological polar surface area (TPSA) is 119 Å². The molecular weight excluding hydrogens is 622 g/mol. The third-order valence-electron chi connectivity index (χ3n) is 9.82. The van der Waals surface area contributed by atoms with Crippen molar-refractivity contribution in [1.29, 1.82) is 0 Å². The van der Waals surface area contributed by atoms with E-state index in [1.54, 1.807) is 9.47 Å². The van der Waals surface area contributed by atoms with E-state index in [-0.39, 0.29) is 42.4 Å². The second kappa shape index (κ2) is 15.4. The molecule has 2 bridgehead atoms. The number of aromatic nitrogens is 1. The molecule has 4 heterocycles. The van der Waals surface area contributed by atoms with E-state index < -0.39 is 52.2 Å². The van der Waals surface area contributed by atoms with Gasteiger partial charge in [0.05, 0.1) is 11.8 Å². The first-order valence-electron chi connectivity index (χ1n) is 17.3. The number of halogens is 2. The Morgan fingerprint density at radius 1 is 1.08 bits per heavy atom. The molecule has 260 valence electrons. The predicted molar refractivity (Wildman–Crippen MR) is 176 cm³/mol. The third-order valence-corrected chi connectivity index (χ3v) is 9.82. The van der Waals surface area contributed by atoms with E-state index in [1.807, 2.05) is 13.8 Å². The van der Waals surface area contributed by atoms with Crippen molar-refractivity contribution in [3.63, 3.8) is 0 Å². The van der Waals surface area contributed by atoms with Crippen LogP contribution in [0.1, 0.15) is 137 Å². The summed E-state index contributed by atoms with van der Waals surface area (Å²) >= 11 is 0. The molecule has 1 fully saturated rings. The number of amides is 2. The maximum absolute atomic E-state index is 14.3. The zero-order valence-corrected chi connectivity index (χ0v) is 28.1. The minimum absolute atomic E-state index is 0.0185. The van der Waals surface area contributed by atoms with Crippen molar-refractivity contribution in [2.45, 2.75) is 128 Å². The van der Waals surface area contributed by atoms with Crippen LogP contribution in [0.25, 0.3) is 0 Å². The number of carbonyl (C=O) groups excluding carboxylic acids is 3. The first kappa shape index (κ1) is 35.2. The average molecular weight is 669 g/mol. The average Bonchev–Trinajstić information content (AvgIpc) is 3.38. The third kappa shape index (κ3) is 7.63. The summed E-state index contributed by atoms with van der Waals surface area (Å²) in [4.78, 5) is 62.4. The summed E-state index contributed by atoms with van der Waals surface area (Å²) in [6.45, 7) is 5.88. The van der Waals surface area contributed by atoms with Crippen LogP contribution in [0.2, 0.25) is 0 Å². The number of hydrogen-bond donors (Lipinski definition) is 1. The van der Waals surface area contributed by atoms with Crippen molar-refractivity contribution >= 4 is 23.5 Å². The summed E-state index contributed by atoms with van der Waals surface area (Å²) in [7, 11) is 0. The van der Waals surface area contributed by atoms with Crippen molar-refractivity contribution in [1.82, 2.24) is 14.8 Å². The molecule has 10 nitrogen and oxygen atoms in total. The fourth-order valence-corrected chi connectivity index (χ4v) is 7.05. The van der Waals surface area contributed by atoms with E-state index in [2.05, 4.69) is 17.4 Å². The molecule has 1 aromatic carbocycles. The molecule has 0 radical (unpaired) electrons. The molecule has 48 heavy (non-hydrogen) atoms.